The van der Waals surface area contributed by atoms with Crippen LogP contribution in [0.25, 0.3) is 0 Å². The van der Waals surface area contributed by atoms with E-state index in [2.05, 4.69) is 23.6 Å². The lowest BCUT2D eigenvalue weighted by Gasteiger charge is -2.41. The zero-order chi connectivity index (χ0) is 12.4. The first-order valence-corrected chi connectivity index (χ1v) is 6.48. The molecule has 2 fully saturated rings. The molecular weight excluding hydrogens is 220 g/mol. The van der Waals surface area contributed by atoms with E-state index in [1.807, 2.05) is 0 Å². The van der Waals surface area contributed by atoms with Crippen LogP contribution < -0.4 is 0 Å². The van der Waals surface area contributed by atoms with Crippen LogP contribution in [0.4, 0.5) is 0 Å². The summed E-state index contributed by atoms with van der Waals surface area (Å²) < 4.78 is 5.69. The van der Waals surface area contributed by atoms with Crippen LogP contribution in [0, 0.1) is 0 Å². The lowest BCUT2D eigenvalue weighted by molar-refractivity contribution is -0.0650. The van der Waals surface area contributed by atoms with Gasteiger partial charge in [0.15, 0.2) is 0 Å². The van der Waals surface area contributed by atoms with Crippen LogP contribution >= 0.6 is 0 Å². The molecular formula is C12H24N2O3. The Kier molecular flexibility index (Phi) is 4.38. The molecule has 2 atom stereocenters. The van der Waals surface area contributed by atoms with E-state index >= 15 is 0 Å². The Hall–Kier alpha value is -0.200. The summed E-state index contributed by atoms with van der Waals surface area (Å²) in [5.41, 5.74) is 0. The number of nitrogens with zero attached hydrogens (tertiary/aromatic N) is 2. The second-order valence-electron chi connectivity index (χ2n) is 5.45. The fourth-order valence-electron chi connectivity index (χ4n) is 2.32. The summed E-state index contributed by atoms with van der Waals surface area (Å²) >= 11 is 0. The quantitative estimate of drug-likeness (QED) is 0.636. The molecule has 17 heavy (non-hydrogen) atoms. The standard InChI is InChI=1S/C12H24N2O3/c1-9(13-3-11(15)4-13)7-17-8-10(2)14-5-12(16)6-14/h9-12,15-16H,3-8H2,1-2H3. The molecule has 2 aliphatic rings. The first-order valence-electron chi connectivity index (χ1n) is 6.48. The highest BCUT2D eigenvalue weighted by Gasteiger charge is 2.30. The van der Waals surface area contributed by atoms with E-state index in [-0.39, 0.29) is 12.2 Å². The summed E-state index contributed by atoms with van der Waals surface area (Å²) in [5, 5.41) is 18.4. The molecule has 0 aliphatic carbocycles. The molecule has 100 valence electrons. The number of β-amino-alcohol motifs (C(OH)–C–C–N with tert-alkyl or cyclic N) is 2. The van der Waals surface area contributed by atoms with Crippen molar-refractivity contribution in [3.63, 3.8) is 0 Å². The van der Waals surface area contributed by atoms with Gasteiger partial charge < -0.3 is 14.9 Å². The zero-order valence-electron chi connectivity index (χ0n) is 10.7. The van der Waals surface area contributed by atoms with E-state index in [1.165, 1.54) is 0 Å². The molecule has 0 amide bonds. The molecule has 5 heteroatoms. The van der Waals surface area contributed by atoms with Gasteiger partial charge >= 0.3 is 0 Å². The maximum absolute atomic E-state index is 9.21. The third kappa shape index (κ3) is 3.39. The highest BCUT2D eigenvalue weighted by atomic mass is 16.5. The van der Waals surface area contributed by atoms with Gasteiger partial charge in [-0.1, -0.05) is 0 Å². The molecule has 2 saturated heterocycles. The molecule has 2 heterocycles. The molecule has 0 bridgehead atoms. The van der Waals surface area contributed by atoms with Crippen LogP contribution in [0.5, 0.6) is 0 Å². The Bertz CT molecular complexity index is 216. The van der Waals surface area contributed by atoms with Crippen molar-refractivity contribution in [1.82, 2.24) is 9.80 Å². The third-order valence-electron chi connectivity index (χ3n) is 3.75. The van der Waals surface area contributed by atoms with E-state index in [1.54, 1.807) is 0 Å². The molecule has 2 aliphatic heterocycles. The largest absolute Gasteiger partial charge is 0.390 e. The number of hydrogen-bond donors (Lipinski definition) is 2. The normalized spacial score (nSPS) is 27.5. The number of aliphatic hydroxyl groups excluding tert-OH is 2. The lowest BCUT2D eigenvalue weighted by Crippen LogP contribution is -2.57. The number of ether oxygens (including phenoxy) is 1. The van der Waals surface area contributed by atoms with Crippen molar-refractivity contribution in [1.29, 1.82) is 0 Å². The van der Waals surface area contributed by atoms with E-state index < -0.39 is 0 Å². The van der Waals surface area contributed by atoms with Gasteiger partial charge in [-0.05, 0) is 13.8 Å². The minimum Gasteiger partial charge on any atom is -0.390 e. The summed E-state index contributed by atoms with van der Waals surface area (Å²) in [6, 6.07) is 0.764. The maximum Gasteiger partial charge on any atom is 0.0794 e. The second-order valence-corrected chi connectivity index (χ2v) is 5.45. The molecule has 0 aromatic heterocycles. The molecule has 0 radical (unpaired) electrons. The van der Waals surface area contributed by atoms with Crippen LogP contribution in [0.15, 0.2) is 0 Å². The van der Waals surface area contributed by atoms with Crippen molar-refractivity contribution in [3.8, 4) is 0 Å². The maximum atomic E-state index is 9.21. The fraction of sp³-hybridized carbons (Fsp3) is 1.00. The minimum atomic E-state index is -0.140. The van der Waals surface area contributed by atoms with Crippen molar-refractivity contribution < 1.29 is 14.9 Å². The second kappa shape index (κ2) is 5.63. The lowest BCUT2D eigenvalue weighted by atomic mass is 10.1. The van der Waals surface area contributed by atoms with Crippen LogP contribution in [-0.4, -0.2) is 83.7 Å². The van der Waals surface area contributed by atoms with Crippen LogP contribution in [0.1, 0.15) is 13.8 Å². The molecule has 0 saturated carbocycles. The Labute approximate surface area is 103 Å². The molecule has 2 unspecified atom stereocenters. The Balaban J connectivity index is 1.53. The van der Waals surface area contributed by atoms with E-state index in [9.17, 15) is 10.2 Å². The highest BCUT2D eigenvalue weighted by molar-refractivity contribution is 4.84. The molecule has 0 aromatic carbocycles. The summed E-state index contributed by atoms with van der Waals surface area (Å²) in [4.78, 5) is 4.45. The Morgan fingerprint density at radius 2 is 1.29 bits per heavy atom. The first kappa shape index (κ1) is 13.2. The highest BCUT2D eigenvalue weighted by Crippen LogP contribution is 2.14. The number of hydrogen-bond acceptors (Lipinski definition) is 5. The van der Waals surface area contributed by atoms with Crippen LogP contribution in [0.3, 0.4) is 0 Å². The van der Waals surface area contributed by atoms with Crippen molar-refractivity contribution in [2.75, 3.05) is 39.4 Å². The first-order chi connectivity index (χ1) is 8.06. The summed E-state index contributed by atoms with van der Waals surface area (Å²) in [6.07, 6.45) is -0.280. The number of likely N-dealkylation sites (tertiary alicyclic amines) is 2. The molecule has 5 nitrogen and oxygen atoms in total. The van der Waals surface area contributed by atoms with Crippen LogP contribution in [-0.2, 0) is 4.74 Å². The SMILES string of the molecule is CC(COCC(C)N1CC(O)C1)N1CC(O)C1. The van der Waals surface area contributed by atoms with Gasteiger partial charge in [0, 0.05) is 38.3 Å². The zero-order valence-corrected chi connectivity index (χ0v) is 10.7. The predicted octanol–water partition coefficient (Wildman–Crippen LogP) is -0.867. The number of rotatable bonds is 6. The van der Waals surface area contributed by atoms with Gasteiger partial charge in [0.2, 0.25) is 0 Å². The summed E-state index contributed by atoms with van der Waals surface area (Å²) in [7, 11) is 0. The van der Waals surface area contributed by atoms with Gasteiger partial charge in [-0.25, -0.2) is 0 Å². The summed E-state index contributed by atoms with van der Waals surface area (Å²) in [5.74, 6) is 0. The van der Waals surface area contributed by atoms with E-state index in [4.69, 9.17) is 4.74 Å². The Morgan fingerprint density at radius 3 is 1.59 bits per heavy atom. The average molecular weight is 244 g/mol. The molecule has 2 rings (SSSR count). The van der Waals surface area contributed by atoms with Gasteiger partial charge in [0.1, 0.15) is 0 Å². The summed E-state index contributed by atoms with van der Waals surface area (Å²) in [6.45, 7) is 8.79. The van der Waals surface area contributed by atoms with Gasteiger partial charge in [-0.2, -0.15) is 0 Å². The van der Waals surface area contributed by atoms with Crippen molar-refractivity contribution in [2.24, 2.45) is 0 Å². The van der Waals surface area contributed by atoms with Crippen LogP contribution in [0.2, 0.25) is 0 Å². The fourth-order valence-corrected chi connectivity index (χ4v) is 2.32. The van der Waals surface area contributed by atoms with Crippen molar-refractivity contribution in [2.45, 2.75) is 38.1 Å². The molecule has 2 N–H and O–H groups in total. The molecule has 0 aromatic rings. The predicted molar refractivity (Wildman–Crippen MR) is 64.9 cm³/mol. The van der Waals surface area contributed by atoms with E-state index in [0.29, 0.717) is 25.3 Å². The van der Waals surface area contributed by atoms with Gasteiger partial charge in [-0.3, -0.25) is 9.80 Å². The van der Waals surface area contributed by atoms with Crippen molar-refractivity contribution in [3.05, 3.63) is 0 Å². The topological polar surface area (TPSA) is 56.2 Å². The van der Waals surface area contributed by atoms with Gasteiger partial charge in [0.05, 0.1) is 25.4 Å². The van der Waals surface area contributed by atoms with Crippen molar-refractivity contribution >= 4 is 0 Å². The smallest absolute Gasteiger partial charge is 0.0794 e. The average Bonchev–Trinajstić information content (AvgIpc) is 2.20. The van der Waals surface area contributed by atoms with Gasteiger partial charge in [-0.15, -0.1) is 0 Å². The van der Waals surface area contributed by atoms with E-state index in [0.717, 1.165) is 26.2 Å². The minimum absolute atomic E-state index is 0.140. The Morgan fingerprint density at radius 1 is 0.941 bits per heavy atom. The molecule has 0 spiro atoms. The van der Waals surface area contributed by atoms with Gasteiger partial charge in [0.25, 0.3) is 0 Å². The third-order valence-corrected chi connectivity index (χ3v) is 3.75. The monoisotopic (exact) mass is 244 g/mol. The number of aliphatic hydroxyl groups is 2.